The monoisotopic (exact) mass is 410 g/mol. The van der Waals surface area contributed by atoms with E-state index in [4.69, 9.17) is 14.6 Å². The number of carbonyl (C=O) groups excluding carboxylic acids is 1. The van der Waals surface area contributed by atoms with E-state index in [1.807, 2.05) is 19.9 Å². The molecule has 134 valence electrons. The van der Waals surface area contributed by atoms with Crippen molar-refractivity contribution in [3.05, 3.63) is 27.7 Å². The summed E-state index contributed by atoms with van der Waals surface area (Å²) in [5, 5.41) is 20.7. The maximum absolute atomic E-state index is 12.1. The molecule has 2 N–H and O–H groups in total. The van der Waals surface area contributed by atoms with Crippen molar-refractivity contribution < 1.29 is 24.2 Å². The number of halogens is 1. The van der Waals surface area contributed by atoms with Crippen LogP contribution in [0.1, 0.15) is 25.8 Å². The molecule has 1 atom stereocenters. The van der Waals surface area contributed by atoms with Gasteiger partial charge in [-0.25, -0.2) is 4.79 Å². The highest BCUT2D eigenvalue weighted by Crippen LogP contribution is 2.37. The van der Waals surface area contributed by atoms with Gasteiger partial charge in [0.2, 0.25) is 0 Å². The Morgan fingerprint density at radius 1 is 1.48 bits per heavy atom. The fourth-order valence-electron chi connectivity index (χ4n) is 1.82. The van der Waals surface area contributed by atoms with Crippen LogP contribution in [0.25, 0.3) is 6.08 Å². The van der Waals surface area contributed by atoms with Gasteiger partial charge in [0.25, 0.3) is 5.91 Å². The first kappa shape index (κ1) is 20.5. The summed E-state index contributed by atoms with van der Waals surface area (Å²) in [6.45, 7) is 3.25. The van der Waals surface area contributed by atoms with Gasteiger partial charge in [0, 0.05) is 6.04 Å². The SMILES string of the molecule is CC[C@@H](C)NC(=O)/C(C#N)=C/c1cc(Br)c(OCC(=O)O)c(OC)c1. The number of carbonyl (C=O) groups is 2. The van der Waals surface area contributed by atoms with Gasteiger partial charge in [-0.2, -0.15) is 5.26 Å². The first-order chi connectivity index (χ1) is 11.8. The van der Waals surface area contributed by atoms with E-state index in [1.54, 1.807) is 12.1 Å². The summed E-state index contributed by atoms with van der Waals surface area (Å²) in [7, 11) is 1.41. The fraction of sp³-hybridized carbons (Fsp3) is 0.353. The van der Waals surface area contributed by atoms with Crippen LogP contribution >= 0.6 is 15.9 Å². The summed E-state index contributed by atoms with van der Waals surface area (Å²) in [5.74, 6) is -1.07. The fourth-order valence-corrected chi connectivity index (χ4v) is 2.39. The summed E-state index contributed by atoms with van der Waals surface area (Å²) >= 11 is 3.28. The van der Waals surface area contributed by atoms with Crippen LogP contribution in [0.2, 0.25) is 0 Å². The quantitative estimate of drug-likeness (QED) is 0.503. The Morgan fingerprint density at radius 3 is 2.68 bits per heavy atom. The lowest BCUT2D eigenvalue weighted by Gasteiger charge is -2.13. The number of methoxy groups -OCH3 is 1. The Kier molecular flexibility index (Phi) is 7.95. The largest absolute Gasteiger partial charge is 0.493 e. The molecule has 8 heteroatoms. The van der Waals surface area contributed by atoms with Gasteiger partial charge >= 0.3 is 5.97 Å². The minimum Gasteiger partial charge on any atom is -0.493 e. The van der Waals surface area contributed by atoms with Crippen molar-refractivity contribution in [3.8, 4) is 17.6 Å². The summed E-state index contributed by atoms with van der Waals surface area (Å²) in [5.41, 5.74) is 0.482. The normalized spacial score (nSPS) is 12.0. The average Bonchev–Trinajstić information content (AvgIpc) is 2.57. The van der Waals surface area contributed by atoms with Crippen molar-refractivity contribution in [1.82, 2.24) is 5.32 Å². The van der Waals surface area contributed by atoms with E-state index < -0.39 is 18.5 Å². The predicted molar refractivity (Wildman–Crippen MR) is 95.3 cm³/mol. The number of rotatable bonds is 8. The van der Waals surface area contributed by atoms with Crippen molar-refractivity contribution in [2.45, 2.75) is 26.3 Å². The molecule has 0 radical (unpaired) electrons. The Morgan fingerprint density at radius 2 is 2.16 bits per heavy atom. The number of benzene rings is 1. The molecule has 0 saturated carbocycles. The Balaban J connectivity index is 3.16. The standard InChI is InChI=1S/C17H19BrN2O5/c1-4-10(2)20-17(23)12(8-19)5-11-6-13(18)16(14(7-11)24-3)25-9-15(21)22/h5-7,10H,4,9H2,1-3H3,(H,20,23)(H,21,22)/b12-5+/t10-/m1/s1. The van der Waals surface area contributed by atoms with Gasteiger partial charge in [0.15, 0.2) is 18.1 Å². The van der Waals surface area contributed by atoms with Gasteiger partial charge in [0.1, 0.15) is 11.6 Å². The van der Waals surface area contributed by atoms with Crippen molar-refractivity contribution in [3.63, 3.8) is 0 Å². The number of nitrogens with one attached hydrogen (secondary N) is 1. The minimum atomic E-state index is -1.12. The van der Waals surface area contributed by atoms with Gasteiger partial charge in [-0.1, -0.05) is 6.92 Å². The molecule has 0 aliphatic carbocycles. The number of aliphatic carboxylic acids is 1. The van der Waals surface area contributed by atoms with E-state index in [-0.39, 0.29) is 23.1 Å². The highest BCUT2D eigenvalue weighted by molar-refractivity contribution is 9.10. The third kappa shape index (κ3) is 6.12. The second-order valence-corrected chi connectivity index (χ2v) is 6.02. The molecule has 0 heterocycles. The molecule has 1 rings (SSSR count). The van der Waals surface area contributed by atoms with Crippen molar-refractivity contribution in [1.29, 1.82) is 5.26 Å². The highest BCUT2D eigenvalue weighted by atomic mass is 79.9. The molecule has 0 aliphatic heterocycles. The van der Waals surface area contributed by atoms with Gasteiger partial charge in [0.05, 0.1) is 11.6 Å². The third-order valence-corrected chi connectivity index (χ3v) is 3.85. The summed E-state index contributed by atoms with van der Waals surface area (Å²) < 4.78 is 10.8. The number of nitriles is 1. The number of amides is 1. The van der Waals surface area contributed by atoms with E-state index in [0.717, 1.165) is 6.42 Å². The molecule has 0 saturated heterocycles. The third-order valence-electron chi connectivity index (χ3n) is 3.26. The van der Waals surface area contributed by atoms with Gasteiger partial charge < -0.3 is 19.9 Å². The number of carboxylic acids is 1. The first-order valence-electron chi connectivity index (χ1n) is 7.47. The molecule has 7 nitrogen and oxygen atoms in total. The molecular weight excluding hydrogens is 392 g/mol. The van der Waals surface area contributed by atoms with E-state index >= 15 is 0 Å². The smallest absolute Gasteiger partial charge is 0.341 e. The van der Waals surface area contributed by atoms with Crippen LogP contribution < -0.4 is 14.8 Å². The first-order valence-corrected chi connectivity index (χ1v) is 8.26. The van der Waals surface area contributed by atoms with E-state index in [1.165, 1.54) is 13.2 Å². The average molecular weight is 411 g/mol. The Bertz CT molecular complexity index is 724. The molecule has 1 amide bonds. The van der Waals surface area contributed by atoms with Crippen LogP contribution in [0.15, 0.2) is 22.2 Å². The number of nitrogens with zero attached hydrogens (tertiary/aromatic N) is 1. The molecule has 0 aliphatic rings. The predicted octanol–water partition coefficient (Wildman–Crippen LogP) is 2.74. The highest BCUT2D eigenvalue weighted by Gasteiger charge is 2.15. The molecule has 1 aromatic rings. The van der Waals surface area contributed by atoms with E-state index in [0.29, 0.717) is 10.0 Å². The molecule has 0 aromatic heterocycles. The molecule has 0 spiro atoms. The zero-order valence-electron chi connectivity index (χ0n) is 14.1. The van der Waals surface area contributed by atoms with Gasteiger partial charge in [-0.05, 0) is 53.0 Å². The van der Waals surface area contributed by atoms with Crippen LogP contribution in [-0.4, -0.2) is 36.7 Å². The maximum Gasteiger partial charge on any atom is 0.341 e. The van der Waals surface area contributed by atoms with Gasteiger partial charge in [-0.15, -0.1) is 0 Å². The summed E-state index contributed by atoms with van der Waals surface area (Å²) in [6.07, 6.45) is 2.17. The zero-order chi connectivity index (χ0) is 19.0. The molecule has 0 fully saturated rings. The lowest BCUT2D eigenvalue weighted by Crippen LogP contribution is -2.32. The van der Waals surface area contributed by atoms with Crippen molar-refractivity contribution in [2.75, 3.05) is 13.7 Å². The minimum absolute atomic E-state index is 0.0442. The number of hydrogen-bond acceptors (Lipinski definition) is 5. The molecule has 1 aromatic carbocycles. The zero-order valence-corrected chi connectivity index (χ0v) is 15.7. The summed E-state index contributed by atoms with van der Waals surface area (Å²) in [6, 6.07) is 4.99. The van der Waals surface area contributed by atoms with Crippen molar-refractivity contribution in [2.24, 2.45) is 0 Å². The number of carboxylic acid groups (broad SMARTS) is 1. The van der Waals surface area contributed by atoms with Crippen LogP contribution in [0.3, 0.4) is 0 Å². The van der Waals surface area contributed by atoms with Crippen molar-refractivity contribution >= 4 is 33.9 Å². The van der Waals surface area contributed by atoms with Crippen LogP contribution in [-0.2, 0) is 9.59 Å². The topological polar surface area (TPSA) is 109 Å². The number of ether oxygens (including phenoxy) is 2. The van der Waals surface area contributed by atoms with Crippen LogP contribution in [0.4, 0.5) is 0 Å². The van der Waals surface area contributed by atoms with Crippen LogP contribution in [0.5, 0.6) is 11.5 Å². The molecule has 0 bridgehead atoms. The maximum atomic E-state index is 12.1. The second kappa shape index (κ2) is 9.69. The lowest BCUT2D eigenvalue weighted by atomic mass is 10.1. The van der Waals surface area contributed by atoms with E-state index in [2.05, 4.69) is 21.2 Å². The molecular formula is C17H19BrN2O5. The summed E-state index contributed by atoms with van der Waals surface area (Å²) in [4.78, 5) is 22.7. The molecule has 0 unspecified atom stereocenters. The van der Waals surface area contributed by atoms with Gasteiger partial charge in [-0.3, -0.25) is 4.79 Å². The Hall–Kier alpha value is -2.53. The number of hydrogen-bond donors (Lipinski definition) is 2. The van der Waals surface area contributed by atoms with Crippen LogP contribution in [0, 0.1) is 11.3 Å². The Labute approximate surface area is 154 Å². The molecule has 25 heavy (non-hydrogen) atoms. The lowest BCUT2D eigenvalue weighted by molar-refractivity contribution is -0.139. The van der Waals surface area contributed by atoms with E-state index in [9.17, 15) is 14.9 Å². The second-order valence-electron chi connectivity index (χ2n) is 5.17.